The summed E-state index contributed by atoms with van der Waals surface area (Å²) in [7, 11) is 0. The third-order valence-electron chi connectivity index (χ3n) is 2.78. The zero-order valence-corrected chi connectivity index (χ0v) is 13.6. The molecule has 1 aromatic rings. The number of hydrogen-bond acceptors (Lipinski definition) is 6. The van der Waals surface area contributed by atoms with E-state index in [1.54, 1.807) is 6.92 Å². The highest BCUT2D eigenvalue weighted by molar-refractivity contribution is 6.67. The Balaban J connectivity index is 3.25. The molecule has 0 aliphatic rings. The van der Waals surface area contributed by atoms with E-state index in [1.165, 1.54) is 12.3 Å². The van der Waals surface area contributed by atoms with E-state index in [1.807, 2.05) is 0 Å². The number of hydrogen-bond donors (Lipinski definition) is 3. The predicted octanol–water partition coefficient (Wildman–Crippen LogP) is 2.65. The van der Waals surface area contributed by atoms with Crippen LogP contribution in [-0.2, 0) is 4.79 Å². The van der Waals surface area contributed by atoms with Crippen molar-refractivity contribution in [2.24, 2.45) is 10.7 Å². The van der Waals surface area contributed by atoms with Gasteiger partial charge in [0.1, 0.15) is 11.0 Å². The second kappa shape index (κ2) is 9.36. The van der Waals surface area contributed by atoms with E-state index in [-0.39, 0.29) is 22.5 Å². The van der Waals surface area contributed by atoms with Gasteiger partial charge in [-0.05, 0) is 25.1 Å². The van der Waals surface area contributed by atoms with Crippen molar-refractivity contribution in [3.05, 3.63) is 53.1 Å². The minimum Gasteiger partial charge on any atom is -0.404 e. The molecule has 0 saturated heterocycles. The lowest BCUT2D eigenvalue weighted by molar-refractivity contribution is -0.111. The lowest BCUT2D eigenvalue weighted by atomic mass is 10.1. The van der Waals surface area contributed by atoms with Gasteiger partial charge in [-0.25, -0.2) is 4.39 Å². The molecule has 126 valence electrons. The molecule has 0 saturated carbocycles. The van der Waals surface area contributed by atoms with E-state index in [0.717, 1.165) is 24.4 Å². The Morgan fingerprint density at radius 1 is 1.50 bits per heavy atom. The molecule has 6 nitrogen and oxygen atoms in total. The molecule has 0 aromatic heterocycles. The van der Waals surface area contributed by atoms with Gasteiger partial charge in [0.15, 0.2) is 6.29 Å². The maximum atomic E-state index is 13.2. The molecule has 1 rings (SSSR count). The van der Waals surface area contributed by atoms with Crippen LogP contribution in [0.4, 0.5) is 10.1 Å². The molecule has 0 atom stereocenters. The van der Waals surface area contributed by atoms with E-state index >= 15 is 0 Å². The number of allylic oxidation sites excluding steroid dienone is 2. The largest absolute Gasteiger partial charge is 0.404 e. The highest BCUT2D eigenvalue weighted by Crippen LogP contribution is 2.19. The van der Waals surface area contributed by atoms with Crippen molar-refractivity contribution in [1.29, 1.82) is 5.41 Å². The second-order valence-electron chi connectivity index (χ2n) is 4.46. The number of Topliss-reactive ketones (excluding diaryl/α,β-unsaturated/α-hetero) is 1. The predicted molar refractivity (Wildman–Crippen MR) is 93.4 cm³/mol. The van der Waals surface area contributed by atoms with Gasteiger partial charge in [-0.2, -0.15) is 0 Å². The average molecular weight is 351 g/mol. The number of anilines is 1. The van der Waals surface area contributed by atoms with Gasteiger partial charge in [-0.1, -0.05) is 11.6 Å². The average Bonchev–Trinajstić information content (AvgIpc) is 2.55. The Kier molecular flexibility index (Phi) is 7.51. The summed E-state index contributed by atoms with van der Waals surface area (Å²) in [4.78, 5) is 27.5. The van der Waals surface area contributed by atoms with Crippen molar-refractivity contribution in [2.75, 3.05) is 11.9 Å². The second-order valence-corrected chi connectivity index (χ2v) is 4.87. The first-order valence-electron chi connectivity index (χ1n) is 6.86. The molecular weight excluding hydrogens is 335 g/mol. The molecular formula is C16H16ClFN4O2. The van der Waals surface area contributed by atoms with Crippen LogP contribution in [0.15, 0.2) is 46.7 Å². The quantitative estimate of drug-likeness (QED) is 0.380. The molecule has 0 amide bonds. The molecule has 0 aliphatic carbocycles. The van der Waals surface area contributed by atoms with Crippen LogP contribution in [0.2, 0.25) is 0 Å². The van der Waals surface area contributed by atoms with Crippen LogP contribution in [0.5, 0.6) is 0 Å². The first-order valence-corrected chi connectivity index (χ1v) is 7.24. The van der Waals surface area contributed by atoms with Gasteiger partial charge in [-0.3, -0.25) is 20.0 Å². The minimum atomic E-state index is -0.595. The van der Waals surface area contributed by atoms with E-state index in [0.29, 0.717) is 12.8 Å². The number of nitrogens with zero attached hydrogens (tertiary/aromatic N) is 1. The van der Waals surface area contributed by atoms with Crippen LogP contribution in [0, 0.1) is 11.2 Å². The van der Waals surface area contributed by atoms with Gasteiger partial charge < -0.3 is 11.1 Å². The van der Waals surface area contributed by atoms with E-state index in [4.69, 9.17) is 22.7 Å². The maximum absolute atomic E-state index is 13.2. The third kappa shape index (κ3) is 5.44. The number of rotatable bonds is 8. The zero-order chi connectivity index (χ0) is 18.1. The van der Waals surface area contributed by atoms with Crippen LogP contribution >= 0.6 is 11.6 Å². The van der Waals surface area contributed by atoms with Crippen molar-refractivity contribution < 1.29 is 14.0 Å². The number of carbonyl (C=O) groups excluding carboxylic acids is 2. The highest BCUT2D eigenvalue weighted by Gasteiger charge is 2.16. The summed E-state index contributed by atoms with van der Waals surface area (Å²) in [5, 5.41) is 9.60. The minimum absolute atomic E-state index is 0.00954. The molecule has 0 spiro atoms. The van der Waals surface area contributed by atoms with Gasteiger partial charge in [0.25, 0.3) is 0 Å². The summed E-state index contributed by atoms with van der Waals surface area (Å²) in [5.41, 5.74) is 5.59. The van der Waals surface area contributed by atoms with Crippen molar-refractivity contribution in [3.63, 3.8) is 0 Å². The summed E-state index contributed by atoms with van der Waals surface area (Å²) < 4.78 is 13.2. The summed E-state index contributed by atoms with van der Waals surface area (Å²) in [6, 6.07) is 3.44. The van der Waals surface area contributed by atoms with Crippen LogP contribution in [0.25, 0.3) is 0 Å². The number of aldehydes is 1. The Morgan fingerprint density at radius 2 is 2.21 bits per heavy atom. The molecule has 0 bridgehead atoms. The van der Waals surface area contributed by atoms with Crippen LogP contribution in [0.3, 0.4) is 0 Å². The van der Waals surface area contributed by atoms with Crippen LogP contribution in [0.1, 0.15) is 17.3 Å². The molecule has 0 aliphatic heterocycles. The van der Waals surface area contributed by atoms with Gasteiger partial charge in [0.2, 0.25) is 5.78 Å². The fraction of sp³-hybridized carbons (Fsp3) is 0.125. The molecule has 24 heavy (non-hydrogen) atoms. The van der Waals surface area contributed by atoms with Crippen LogP contribution in [-0.4, -0.2) is 30.0 Å². The number of ketones is 1. The summed E-state index contributed by atoms with van der Waals surface area (Å²) in [6.45, 7) is 2.24. The molecule has 1 aromatic carbocycles. The molecule has 0 radical (unpaired) electrons. The standard InChI is InChI=1S/C16H16ClFN4O2/c1-2-21-8-11(7-19)16(24)14(6-15(17)20)22-13-4-3-12(18)5-10(13)9-23/h3-9,20,22H,2,19H2,1H3/b11-7?,14-6-,20-15?,21-8?. The van der Waals surface area contributed by atoms with E-state index in [2.05, 4.69) is 10.3 Å². The zero-order valence-electron chi connectivity index (χ0n) is 12.8. The summed E-state index contributed by atoms with van der Waals surface area (Å²) in [6.07, 6.45) is 3.87. The fourth-order valence-electron chi connectivity index (χ4n) is 1.70. The Labute approximate surface area is 143 Å². The molecule has 0 heterocycles. The smallest absolute Gasteiger partial charge is 0.212 e. The topological polar surface area (TPSA) is 108 Å². The van der Waals surface area contributed by atoms with Crippen molar-refractivity contribution in [1.82, 2.24) is 0 Å². The van der Waals surface area contributed by atoms with E-state index < -0.39 is 16.8 Å². The maximum Gasteiger partial charge on any atom is 0.212 e. The normalized spacial score (nSPS) is 12.3. The third-order valence-corrected chi connectivity index (χ3v) is 2.89. The first-order chi connectivity index (χ1) is 11.4. The van der Waals surface area contributed by atoms with Crippen molar-refractivity contribution in [3.8, 4) is 0 Å². The number of aliphatic imine (C=N–C) groups is 1. The number of benzene rings is 1. The lowest BCUT2D eigenvalue weighted by Gasteiger charge is -2.12. The van der Waals surface area contributed by atoms with Gasteiger partial charge in [0.05, 0.1) is 11.3 Å². The number of carbonyl (C=O) groups is 2. The lowest BCUT2D eigenvalue weighted by Crippen LogP contribution is -2.17. The Bertz CT molecular complexity index is 742. The monoisotopic (exact) mass is 350 g/mol. The van der Waals surface area contributed by atoms with Gasteiger partial charge in [0, 0.05) is 36.3 Å². The van der Waals surface area contributed by atoms with Gasteiger partial charge in [-0.15, -0.1) is 0 Å². The molecule has 0 fully saturated rings. The molecule has 8 heteroatoms. The van der Waals surface area contributed by atoms with Crippen molar-refractivity contribution in [2.45, 2.75) is 6.92 Å². The van der Waals surface area contributed by atoms with Gasteiger partial charge >= 0.3 is 0 Å². The van der Waals surface area contributed by atoms with Crippen LogP contribution < -0.4 is 11.1 Å². The van der Waals surface area contributed by atoms with Crippen molar-refractivity contribution >= 4 is 40.7 Å². The number of halogens is 2. The first kappa shape index (κ1) is 19.2. The highest BCUT2D eigenvalue weighted by atomic mass is 35.5. The fourth-order valence-corrected chi connectivity index (χ4v) is 1.81. The number of nitrogens with two attached hydrogens (primary N) is 1. The molecule has 4 N–H and O–H groups in total. The molecule has 0 unspecified atom stereocenters. The summed E-state index contributed by atoms with van der Waals surface area (Å²) >= 11 is 5.53. The Hall–Kier alpha value is -2.80. The number of nitrogens with one attached hydrogen (secondary N) is 2. The van der Waals surface area contributed by atoms with E-state index in [9.17, 15) is 14.0 Å². The Morgan fingerprint density at radius 3 is 2.75 bits per heavy atom. The SMILES string of the molecule is CCN=CC(=CN)C(=O)/C(=C/C(=N)Cl)Nc1ccc(F)cc1C=O. The summed E-state index contributed by atoms with van der Waals surface area (Å²) in [5.74, 6) is -1.18.